The highest BCUT2D eigenvalue weighted by molar-refractivity contribution is 5.91. The number of aromatic carboxylic acids is 1. The fourth-order valence-corrected chi connectivity index (χ4v) is 2.52. The standard InChI is InChI=1S/C16H14FNO4/c17-12-4-2-1-3-11(12)16(7-8-16)15(21)18-9-10-5-6-13(22-10)14(19)20/h1-6H,7-9H2,(H,18,21)(H,19,20). The highest BCUT2D eigenvalue weighted by Gasteiger charge is 2.52. The molecule has 114 valence electrons. The van der Waals surface area contributed by atoms with Crippen molar-refractivity contribution in [2.45, 2.75) is 24.8 Å². The maximum Gasteiger partial charge on any atom is 0.371 e. The zero-order valence-corrected chi connectivity index (χ0v) is 11.6. The van der Waals surface area contributed by atoms with Crippen LogP contribution in [0.4, 0.5) is 4.39 Å². The fraction of sp³-hybridized carbons (Fsp3) is 0.250. The van der Waals surface area contributed by atoms with Crippen molar-refractivity contribution in [3.8, 4) is 0 Å². The van der Waals surface area contributed by atoms with E-state index in [0.717, 1.165) is 0 Å². The van der Waals surface area contributed by atoms with Crippen LogP contribution in [-0.2, 0) is 16.8 Å². The molecule has 0 unspecified atom stereocenters. The number of halogens is 1. The number of hydrogen-bond donors (Lipinski definition) is 2. The van der Waals surface area contributed by atoms with Crippen molar-refractivity contribution < 1.29 is 23.5 Å². The Morgan fingerprint density at radius 1 is 1.23 bits per heavy atom. The highest BCUT2D eigenvalue weighted by Crippen LogP contribution is 2.49. The van der Waals surface area contributed by atoms with Crippen LogP contribution in [0.5, 0.6) is 0 Å². The minimum absolute atomic E-state index is 0.0717. The number of nitrogens with one attached hydrogen (secondary N) is 1. The van der Waals surface area contributed by atoms with Crippen LogP contribution in [0.15, 0.2) is 40.8 Å². The summed E-state index contributed by atoms with van der Waals surface area (Å²) in [5, 5.41) is 11.5. The molecule has 1 fully saturated rings. The predicted octanol–water partition coefficient (Wildman–Crippen LogP) is 2.46. The Morgan fingerprint density at radius 3 is 2.55 bits per heavy atom. The van der Waals surface area contributed by atoms with Crippen LogP contribution in [-0.4, -0.2) is 17.0 Å². The SMILES string of the molecule is O=C(O)c1ccc(CNC(=O)C2(c3ccccc3F)CC2)o1. The van der Waals surface area contributed by atoms with E-state index in [1.54, 1.807) is 18.2 Å². The summed E-state index contributed by atoms with van der Waals surface area (Å²) in [5.41, 5.74) is -0.411. The Morgan fingerprint density at radius 2 is 1.95 bits per heavy atom. The van der Waals surface area contributed by atoms with Crippen molar-refractivity contribution in [1.29, 1.82) is 0 Å². The molecule has 1 aromatic carbocycles. The highest BCUT2D eigenvalue weighted by atomic mass is 19.1. The van der Waals surface area contributed by atoms with Gasteiger partial charge in [-0.1, -0.05) is 18.2 Å². The number of carbonyl (C=O) groups excluding carboxylic acids is 1. The molecule has 1 heterocycles. The molecule has 3 rings (SSSR count). The lowest BCUT2D eigenvalue weighted by atomic mass is 9.94. The van der Waals surface area contributed by atoms with Crippen molar-refractivity contribution in [1.82, 2.24) is 5.32 Å². The summed E-state index contributed by atoms with van der Waals surface area (Å²) in [7, 11) is 0. The van der Waals surface area contributed by atoms with E-state index in [0.29, 0.717) is 24.2 Å². The number of furan rings is 1. The zero-order chi connectivity index (χ0) is 15.7. The van der Waals surface area contributed by atoms with E-state index < -0.39 is 11.4 Å². The van der Waals surface area contributed by atoms with Gasteiger partial charge in [0.25, 0.3) is 0 Å². The zero-order valence-electron chi connectivity index (χ0n) is 11.6. The van der Waals surface area contributed by atoms with Gasteiger partial charge in [0.1, 0.15) is 11.6 Å². The van der Waals surface area contributed by atoms with Crippen LogP contribution >= 0.6 is 0 Å². The van der Waals surface area contributed by atoms with Gasteiger partial charge < -0.3 is 14.8 Å². The summed E-state index contributed by atoms with van der Waals surface area (Å²) < 4.78 is 18.9. The molecule has 0 bridgehead atoms. The molecule has 5 nitrogen and oxygen atoms in total. The molecule has 6 heteroatoms. The van der Waals surface area contributed by atoms with E-state index in [1.165, 1.54) is 18.2 Å². The molecule has 22 heavy (non-hydrogen) atoms. The lowest BCUT2D eigenvalue weighted by Gasteiger charge is -2.15. The van der Waals surface area contributed by atoms with E-state index in [1.807, 2.05) is 0 Å². The molecule has 0 saturated heterocycles. The predicted molar refractivity (Wildman–Crippen MR) is 74.8 cm³/mol. The summed E-state index contributed by atoms with van der Waals surface area (Å²) in [6, 6.07) is 9.08. The van der Waals surface area contributed by atoms with Crippen LogP contribution in [0.3, 0.4) is 0 Å². The van der Waals surface area contributed by atoms with Gasteiger partial charge in [0.15, 0.2) is 0 Å². The van der Waals surface area contributed by atoms with E-state index in [-0.39, 0.29) is 24.0 Å². The van der Waals surface area contributed by atoms with E-state index in [2.05, 4.69) is 5.32 Å². The van der Waals surface area contributed by atoms with Crippen molar-refractivity contribution in [2.24, 2.45) is 0 Å². The largest absolute Gasteiger partial charge is 0.475 e. The first-order valence-corrected chi connectivity index (χ1v) is 6.88. The molecule has 1 aliphatic rings. The van der Waals surface area contributed by atoms with Crippen molar-refractivity contribution in [2.75, 3.05) is 0 Å². The lowest BCUT2D eigenvalue weighted by molar-refractivity contribution is -0.123. The molecule has 0 spiro atoms. The van der Waals surface area contributed by atoms with Gasteiger partial charge in [-0.05, 0) is 31.0 Å². The third-order valence-electron chi connectivity index (χ3n) is 3.87. The van der Waals surface area contributed by atoms with Crippen LogP contribution < -0.4 is 5.32 Å². The maximum atomic E-state index is 13.9. The van der Waals surface area contributed by atoms with Crippen LogP contribution in [0.25, 0.3) is 0 Å². The number of rotatable bonds is 5. The van der Waals surface area contributed by atoms with Gasteiger partial charge in [-0.3, -0.25) is 4.79 Å². The number of benzene rings is 1. The Hall–Kier alpha value is -2.63. The number of amides is 1. The van der Waals surface area contributed by atoms with Crippen molar-refractivity contribution in [3.05, 3.63) is 59.3 Å². The maximum absolute atomic E-state index is 13.9. The molecule has 2 N–H and O–H groups in total. The topological polar surface area (TPSA) is 79.5 Å². The molecule has 0 aliphatic heterocycles. The Labute approximate surface area is 125 Å². The van der Waals surface area contributed by atoms with Gasteiger partial charge in [0.2, 0.25) is 11.7 Å². The molecule has 1 aromatic heterocycles. The number of carbonyl (C=O) groups is 2. The third-order valence-corrected chi connectivity index (χ3v) is 3.87. The molecule has 2 aromatic rings. The van der Waals surface area contributed by atoms with E-state index in [9.17, 15) is 14.0 Å². The molecular formula is C16H14FNO4. The average Bonchev–Trinajstić information content (AvgIpc) is 3.16. The summed E-state index contributed by atoms with van der Waals surface area (Å²) in [6.45, 7) is 0.0717. The normalized spacial score (nSPS) is 15.3. The lowest BCUT2D eigenvalue weighted by Crippen LogP contribution is -2.34. The summed E-state index contributed by atoms with van der Waals surface area (Å²) >= 11 is 0. The second-order valence-corrected chi connectivity index (χ2v) is 5.32. The van der Waals surface area contributed by atoms with E-state index in [4.69, 9.17) is 9.52 Å². The second-order valence-electron chi connectivity index (χ2n) is 5.32. The summed E-state index contributed by atoms with van der Waals surface area (Å²) in [6.07, 6.45) is 1.19. The van der Waals surface area contributed by atoms with Crippen molar-refractivity contribution >= 4 is 11.9 Å². The number of carboxylic acid groups (broad SMARTS) is 1. The smallest absolute Gasteiger partial charge is 0.371 e. The van der Waals surface area contributed by atoms with Gasteiger partial charge in [-0.25, -0.2) is 9.18 Å². The van der Waals surface area contributed by atoms with Gasteiger partial charge in [-0.15, -0.1) is 0 Å². The second kappa shape index (κ2) is 5.29. The Balaban J connectivity index is 1.69. The molecular weight excluding hydrogens is 289 g/mol. The van der Waals surface area contributed by atoms with Crippen LogP contribution in [0.1, 0.15) is 34.7 Å². The van der Waals surface area contributed by atoms with Gasteiger partial charge >= 0.3 is 5.97 Å². The van der Waals surface area contributed by atoms with Gasteiger partial charge in [-0.2, -0.15) is 0 Å². The Bertz CT molecular complexity index is 733. The first-order valence-electron chi connectivity index (χ1n) is 6.88. The van der Waals surface area contributed by atoms with Crippen LogP contribution in [0.2, 0.25) is 0 Å². The molecule has 0 radical (unpaired) electrons. The molecule has 1 saturated carbocycles. The van der Waals surface area contributed by atoms with Gasteiger partial charge in [0.05, 0.1) is 12.0 Å². The molecule has 1 aliphatic carbocycles. The third kappa shape index (κ3) is 2.47. The minimum atomic E-state index is -1.16. The van der Waals surface area contributed by atoms with Crippen molar-refractivity contribution in [3.63, 3.8) is 0 Å². The summed E-state index contributed by atoms with van der Waals surface area (Å²) in [5.74, 6) is -1.66. The molecule has 0 atom stereocenters. The Kier molecular flexibility index (Phi) is 3.44. The fourth-order valence-electron chi connectivity index (χ4n) is 2.52. The molecule has 1 amide bonds. The average molecular weight is 303 g/mol. The number of hydrogen-bond acceptors (Lipinski definition) is 3. The van der Waals surface area contributed by atoms with Crippen LogP contribution in [0, 0.1) is 5.82 Å². The number of carboxylic acids is 1. The monoisotopic (exact) mass is 303 g/mol. The minimum Gasteiger partial charge on any atom is -0.475 e. The van der Waals surface area contributed by atoms with E-state index >= 15 is 0 Å². The summed E-state index contributed by atoms with van der Waals surface area (Å²) in [4.78, 5) is 23.1. The quantitative estimate of drug-likeness (QED) is 0.889. The first-order chi connectivity index (χ1) is 10.5. The first kappa shape index (κ1) is 14.3. The van der Waals surface area contributed by atoms with Gasteiger partial charge in [0, 0.05) is 5.56 Å².